The number of para-hydroxylation sites is 1. The Balaban J connectivity index is 1.84. The minimum atomic E-state index is -1.15. The normalized spacial score (nSPS) is 11.6. The fraction of sp³-hybridized carbons (Fsp3) is 0.167. The molecule has 1 N–H and O–H groups in total. The monoisotopic (exact) mass is 485 g/mol. The van der Waals surface area contributed by atoms with Crippen LogP contribution in [0.15, 0.2) is 77.3 Å². The summed E-state index contributed by atoms with van der Waals surface area (Å²) < 4.78 is 19.4. The van der Waals surface area contributed by atoms with Crippen molar-refractivity contribution in [2.24, 2.45) is 0 Å². The van der Waals surface area contributed by atoms with Crippen LogP contribution in [0.2, 0.25) is 0 Å². The summed E-state index contributed by atoms with van der Waals surface area (Å²) in [5.74, 6) is -1.73. The van der Waals surface area contributed by atoms with Crippen LogP contribution in [0.5, 0.6) is 5.75 Å². The van der Waals surface area contributed by atoms with Crippen LogP contribution < -0.4 is 4.74 Å². The zero-order valence-corrected chi connectivity index (χ0v) is 18.4. The van der Waals surface area contributed by atoms with Crippen LogP contribution in [0.4, 0.5) is 4.39 Å². The van der Waals surface area contributed by atoms with Crippen LogP contribution in [0.3, 0.4) is 0 Å². The Bertz CT molecular complexity index is 1060. The van der Waals surface area contributed by atoms with Gasteiger partial charge in [-0.05, 0) is 58.2 Å². The first-order chi connectivity index (χ1) is 14.9. The van der Waals surface area contributed by atoms with E-state index in [9.17, 15) is 19.1 Å². The summed E-state index contributed by atoms with van der Waals surface area (Å²) in [6, 6.07) is 19.8. The van der Waals surface area contributed by atoms with E-state index in [4.69, 9.17) is 4.74 Å². The number of carboxylic acids is 1. The minimum absolute atomic E-state index is 0.0385. The molecule has 5 nitrogen and oxygen atoms in total. The second-order valence-corrected chi connectivity index (χ2v) is 7.80. The molecule has 0 aliphatic carbocycles. The standard InChI is InChI=1S/C24H21BrFNO4/c1-16(18-6-3-2-4-7-18)27(14-17-10-12-19(26)13-11-17)22(28)15-31-23-20(24(29)30)8-5-9-21(23)25/h2-13,16H,14-15H2,1H3,(H,29,30)/t16-/m0/s1. The van der Waals surface area contributed by atoms with E-state index >= 15 is 0 Å². The van der Waals surface area contributed by atoms with E-state index in [2.05, 4.69) is 15.9 Å². The summed E-state index contributed by atoms with van der Waals surface area (Å²) in [4.78, 5) is 26.3. The van der Waals surface area contributed by atoms with E-state index < -0.39 is 5.97 Å². The summed E-state index contributed by atoms with van der Waals surface area (Å²) >= 11 is 3.28. The average molecular weight is 486 g/mol. The van der Waals surface area contributed by atoms with Crippen molar-refractivity contribution in [3.05, 3.63) is 99.8 Å². The van der Waals surface area contributed by atoms with Crippen LogP contribution in [0, 0.1) is 5.82 Å². The molecule has 0 saturated carbocycles. The molecule has 0 radical (unpaired) electrons. The van der Waals surface area contributed by atoms with Gasteiger partial charge in [-0.15, -0.1) is 0 Å². The lowest BCUT2D eigenvalue weighted by atomic mass is 10.1. The zero-order valence-electron chi connectivity index (χ0n) is 16.8. The number of benzene rings is 3. The molecule has 0 heterocycles. The van der Waals surface area contributed by atoms with E-state index in [1.165, 1.54) is 18.2 Å². The van der Waals surface area contributed by atoms with E-state index in [0.717, 1.165) is 11.1 Å². The summed E-state index contributed by atoms with van der Waals surface area (Å²) in [6.07, 6.45) is 0. The van der Waals surface area contributed by atoms with E-state index in [-0.39, 0.29) is 42.2 Å². The van der Waals surface area contributed by atoms with Crippen LogP contribution in [0.1, 0.15) is 34.5 Å². The molecule has 3 rings (SSSR count). The van der Waals surface area contributed by atoms with Crippen LogP contribution in [-0.2, 0) is 11.3 Å². The van der Waals surface area contributed by atoms with Crippen molar-refractivity contribution in [1.82, 2.24) is 4.90 Å². The number of hydrogen-bond acceptors (Lipinski definition) is 3. The summed E-state index contributed by atoms with van der Waals surface area (Å²) in [5, 5.41) is 9.39. The Hall–Kier alpha value is -3.19. The molecule has 0 aliphatic heterocycles. The summed E-state index contributed by atoms with van der Waals surface area (Å²) in [5.41, 5.74) is 1.66. The molecule has 0 bridgehead atoms. The number of carbonyl (C=O) groups excluding carboxylic acids is 1. The number of nitrogens with zero attached hydrogens (tertiary/aromatic N) is 1. The molecule has 160 valence electrons. The summed E-state index contributed by atoms with van der Waals surface area (Å²) in [6.45, 7) is 1.80. The number of carboxylic acid groups (broad SMARTS) is 1. The van der Waals surface area contributed by atoms with Crippen molar-refractivity contribution in [1.29, 1.82) is 0 Å². The van der Waals surface area contributed by atoms with Gasteiger partial charge in [-0.25, -0.2) is 9.18 Å². The first kappa shape index (κ1) is 22.5. The SMILES string of the molecule is C[C@@H](c1ccccc1)N(Cc1ccc(F)cc1)C(=O)COc1c(Br)cccc1C(=O)O. The predicted molar refractivity (Wildman–Crippen MR) is 118 cm³/mol. The van der Waals surface area contributed by atoms with Crippen LogP contribution in [0.25, 0.3) is 0 Å². The second kappa shape index (κ2) is 10.2. The highest BCUT2D eigenvalue weighted by atomic mass is 79.9. The molecule has 0 fully saturated rings. The Morgan fingerprint density at radius 3 is 2.35 bits per heavy atom. The maximum absolute atomic E-state index is 13.3. The van der Waals surface area contributed by atoms with Gasteiger partial charge in [-0.1, -0.05) is 48.5 Å². The number of ether oxygens (including phenoxy) is 1. The minimum Gasteiger partial charge on any atom is -0.482 e. The molecule has 0 unspecified atom stereocenters. The lowest BCUT2D eigenvalue weighted by molar-refractivity contribution is -0.136. The number of hydrogen-bond donors (Lipinski definition) is 1. The highest BCUT2D eigenvalue weighted by Crippen LogP contribution is 2.30. The Morgan fingerprint density at radius 1 is 1.03 bits per heavy atom. The molecular formula is C24H21BrFNO4. The van der Waals surface area contributed by atoms with Crippen molar-refractivity contribution >= 4 is 27.8 Å². The lowest BCUT2D eigenvalue weighted by Crippen LogP contribution is -2.36. The van der Waals surface area contributed by atoms with E-state index in [0.29, 0.717) is 4.47 Å². The quantitative estimate of drug-likeness (QED) is 0.460. The van der Waals surface area contributed by atoms with Gasteiger partial charge in [0.05, 0.1) is 10.5 Å². The largest absolute Gasteiger partial charge is 0.482 e. The molecule has 0 aliphatic rings. The zero-order chi connectivity index (χ0) is 22.4. The number of halogens is 2. The van der Waals surface area contributed by atoms with Gasteiger partial charge in [0.2, 0.25) is 0 Å². The molecule has 1 atom stereocenters. The number of carbonyl (C=O) groups is 2. The smallest absolute Gasteiger partial charge is 0.339 e. The van der Waals surface area contributed by atoms with Gasteiger partial charge in [0.15, 0.2) is 6.61 Å². The highest BCUT2D eigenvalue weighted by molar-refractivity contribution is 9.10. The third-order valence-corrected chi connectivity index (χ3v) is 5.50. The molecule has 0 aromatic heterocycles. The maximum atomic E-state index is 13.3. The van der Waals surface area contributed by atoms with Gasteiger partial charge in [-0.2, -0.15) is 0 Å². The fourth-order valence-electron chi connectivity index (χ4n) is 3.18. The van der Waals surface area contributed by atoms with E-state index in [1.807, 2.05) is 37.3 Å². The van der Waals surface area contributed by atoms with Crippen LogP contribution >= 0.6 is 15.9 Å². The van der Waals surface area contributed by atoms with Gasteiger partial charge in [0, 0.05) is 6.54 Å². The molecule has 3 aromatic rings. The number of amides is 1. The number of aromatic carboxylic acids is 1. The Kier molecular flexibility index (Phi) is 7.41. The van der Waals surface area contributed by atoms with Gasteiger partial charge < -0.3 is 14.7 Å². The van der Waals surface area contributed by atoms with Crippen molar-refractivity contribution in [2.45, 2.75) is 19.5 Å². The first-order valence-electron chi connectivity index (χ1n) is 9.60. The van der Waals surface area contributed by atoms with Crippen molar-refractivity contribution < 1.29 is 23.8 Å². The topological polar surface area (TPSA) is 66.8 Å². The fourth-order valence-corrected chi connectivity index (χ4v) is 3.66. The maximum Gasteiger partial charge on any atom is 0.339 e. The van der Waals surface area contributed by atoms with Gasteiger partial charge >= 0.3 is 5.97 Å². The average Bonchev–Trinajstić information content (AvgIpc) is 2.77. The molecule has 3 aromatic carbocycles. The molecule has 1 amide bonds. The van der Waals surface area contributed by atoms with Crippen molar-refractivity contribution in [2.75, 3.05) is 6.61 Å². The molecule has 31 heavy (non-hydrogen) atoms. The van der Waals surface area contributed by atoms with Gasteiger partial charge in [-0.3, -0.25) is 4.79 Å². The predicted octanol–water partition coefficient (Wildman–Crippen LogP) is 5.46. The van der Waals surface area contributed by atoms with Crippen LogP contribution in [-0.4, -0.2) is 28.5 Å². The lowest BCUT2D eigenvalue weighted by Gasteiger charge is -2.30. The van der Waals surface area contributed by atoms with Crippen molar-refractivity contribution in [3.63, 3.8) is 0 Å². The van der Waals surface area contributed by atoms with Gasteiger partial charge in [0.25, 0.3) is 5.91 Å². The molecule has 7 heteroatoms. The second-order valence-electron chi connectivity index (χ2n) is 6.95. The highest BCUT2D eigenvalue weighted by Gasteiger charge is 2.24. The molecule has 0 saturated heterocycles. The third kappa shape index (κ3) is 5.70. The van der Waals surface area contributed by atoms with Crippen molar-refractivity contribution in [3.8, 4) is 5.75 Å². The molecular weight excluding hydrogens is 465 g/mol. The summed E-state index contributed by atoms with van der Waals surface area (Å²) in [7, 11) is 0. The first-order valence-corrected chi connectivity index (χ1v) is 10.4. The van der Waals surface area contributed by atoms with E-state index in [1.54, 1.807) is 29.2 Å². The third-order valence-electron chi connectivity index (χ3n) is 4.87. The van der Waals surface area contributed by atoms with Gasteiger partial charge in [0.1, 0.15) is 17.1 Å². The Morgan fingerprint density at radius 2 is 1.71 bits per heavy atom. The molecule has 0 spiro atoms. The Labute approximate surface area is 188 Å². The number of rotatable bonds is 8.